The molecule has 43 heavy (non-hydrogen) atoms. The standard InChI is InChI=1S/C35H36N4O3S/c1-41-30-16-15-29(33(20-30)42-2)23-39(19-17-31(27-11-5-3-6-12-27)28-13-7-4-8-14-28)24-34-38-32(25-43-34)35(40)37-22-26-10-9-18-36-21-26/h3-16,18,20-21,25,31H,17,19,22-24H2,1-2H3,(H,37,40). The summed E-state index contributed by atoms with van der Waals surface area (Å²) in [4.78, 5) is 24.1. The Bertz CT molecular complexity index is 1540. The van der Waals surface area contributed by atoms with E-state index in [2.05, 4.69) is 81.9 Å². The summed E-state index contributed by atoms with van der Waals surface area (Å²) in [5, 5.41) is 5.66. The van der Waals surface area contributed by atoms with E-state index in [9.17, 15) is 4.79 Å². The normalized spacial score (nSPS) is 11.1. The molecule has 0 aliphatic carbocycles. The molecular formula is C35H36N4O3S. The number of aromatic nitrogens is 2. The van der Waals surface area contributed by atoms with Gasteiger partial charge in [-0.05, 0) is 41.8 Å². The van der Waals surface area contributed by atoms with Crippen LogP contribution in [0, 0.1) is 0 Å². The number of thiazole rings is 1. The molecule has 0 aliphatic heterocycles. The van der Waals surface area contributed by atoms with E-state index in [0.717, 1.165) is 40.6 Å². The van der Waals surface area contributed by atoms with Crippen molar-refractivity contribution in [2.24, 2.45) is 0 Å². The SMILES string of the molecule is COc1ccc(CN(CCC(c2ccccc2)c2ccccc2)Cc2nc(C(=O)NCc3cccnc3)cs2)c(OC)c1. The third kappa shape index (κ3) is 8.28. The highest BCUT2D eigenvalue weighted by Gasteiger charge is 2.20. The highest BCUT2D eigenvalue weighted by Crippen LogP contribution is 2.30. The van der Waals surface area contributed by atoms with E-state index >= 15 is 0 Å². The Kier molecular flexibility index (Phi) is 10.5. The van der Waals surface area contributed by atoms with Crippen LogP contribution in [-0.4, -0.2) is 41.5 Å². The molecule has 0 radical (unpaired) electrons. The first-order valence-electron chi connectivity index (χ1n) is 14.3. The van der Waals surface area contributed by atoms with Gasteiger partial charge in [0, 0.05) is 48.4 Å². The number of carbonyl (C=O) groups is 1. The molecule has 1 N–H and O–H groups in total. The van der Waals surface area contributed by atoms with E-state index in [4.69, 9.17) is 14.5 Å². The minimum absolute atomic E-state index is 0.192. The van der Waals surface area contributed by atoms with Crippen LogP contribution in [0.5, 0.6) is 11.5 Å². The lowest BCUT2D eigenvalue weighted by Gasteiger charge is -2.26. The third-order valence-electron chi connectivity index (χ3n) is 7.35. The van der Waals surface area contributed by atoms with Crippen LogP contribution in [0.4, 0.5) is 0 Å². The number of ether oxygens (including phenoxy) is 2. The number of rotatable bonds is 14. The fourth-order valence-electron chi connectivity index (χ4n) is 5.10. The number of nitrogens with one attached hydrogen (secondary N) is 1. The van der Waals surface area contributed by atoms with Crippen molar-refractivity contribution < 1.29 is 14.3 Å². The second-order valence-electron chi connectivity index (χ2n) is 10.2. The van der Waals surface area contributed by atoms with Crippen molar-refractivity contribution in [2.75, 3.05) is 20.8 Å². The second-order valence-corrected chi connectivity index (χ2v) is 11.2. The van der Waals surface area contributed by atoms with Crippen LogP contribution in [0.1, 0.15) is 50.1 Å². The van der Waals surface area contributed by atoms with Gasteiger partial charge < -0.3 is 14.8 Å². The van der Waals surface area contributed by atoms with Crippen molar-refractivity contribution in [3.8, 4) is 11.5 Å². The number of hydrogen-bond acceptors (Lipinski definition) is 7. The van der Waals surface area contributed by atoms with E-state index in [1.165, 1.54) is 22.5 Å². The molecule has 0 saturated carbocycles. The Labute approximate surface area is 257 Å². The monoisotopic (exact) mass is 592 g/mol. The molecule has 2 aromatic heterocycles. The number of benzene rings is 3. The van der Waals surface area contributed by atoms with Gasteiger partial charge in [0.05, 0.1) is 20.8 Å². The maximum Gasteiger partial charge on any atom is 0.271 e. The molecule has 3 aromatic carbocycles. The zero-order chi connectivity index (χ0) is 29.9. The van der Waals surface area contributed by atoms with Crippen molar-refractivity contribution in [2.45, 2.75) is 32.0 Å². The fraction of sp³-hybridized carbons (Fsp3) is 0.229. The predicted octanol–water partition coefficient (Wildman–Crippen LogP) is 6.71. The van der Waals surface area contributed by atoms with Gasteiger partial charge in [-0.15, -0.1) is 11.3 Å². The maximum atomic E-state index is 12.9. The molecule has 5 rings (SSSR count). The van der Waals surface area contributed by atoms with Crippen molar-refractivity contribution in [1.82, 2.24) is 20.2 Å². The number of nitrogens with zero attached hydrogens (tertiary/aromatic N) is 3. The molecular weight excluding hydrogens is 556 g/mol. The molecule has 0 saturated heterocycles. The van der Waals surface area contributed by atoms with E-state index < -0.39 is 0 Å². The largest absolute Gasteiger partial charge is 0.497 e. The van der Waals surface area contributed by atoms with Crippen molar-refractivity contribution in [3.05, 3.63) is 142 Å². The summed E-state index contributed by atoms with van der Waals surface area (Å²) < 4.78 is 11.1. The summed E-state index contributed by atoms with van der Waals surface area (Å²) in [6.07, 6.45) is 4.37. The van der Waals surface area contributed by atoms with E-state index in [-0.39, 0.29) is 11.8 Å². The lowest BCUT2D eigenvalue weighted by atomic mass is 9.88. The van der Waals surface area contributed by atoms with Crippen LogP contribution >= 0.6 is 11.3 Å². The molecule has 0 fully saturated rings. The molecule has 7 nitrogen and oxygen atoms in total. The van der Waals surface area contributed by atoms with Crippen molar-refractivity contribution >= 4 is 17.2 Å². The van der Waals surface area contributed by atoms with Crippen LogP contribution in [0.15, 0.2) is 109 Å². The molecule has 8 heteroatoms. The Morgan fingerprint density at radius 3 is 2.30 bits per heavy atom. The quantitative estimate of drug-likeness (QED) is 0.155. The summed E-state index contributed by atoms with van der Waals surface area (Å²) in [7, 11) is 3.33. The zero-order valence-electron chi connectivity index (χ0n) is 24.5. The molecule has 0 aliphatic rings. The molecule has 2 heterocycles. The van der Waals surface area contributed by atoms with Crippen LogP contribution in [0.25, 0.3) is 0 Å². The average molecular weight is 593 g/mol. The van der Waals surface area contributed by atoms with E-state index in [1.807, 2.05) is 29.6 Å². The number of methoxy groups -OCH3 is 2. The minimum atomic E-state index is -0.192. The molecule has 0 spiro atoms. The van der Waals surface area contributed by atoms with Gasteiger partial charge in [-0.2, -0.15) is 0 Å². The lowest BCUT2D eigenvalue weighted by molar-refractivity contribution is 0.0946. The Morgan fingerprint density at radius 1 is 0.907 bits per heavy atom. The van der Waals surface area contributed by atoms with Crippen LogP contribution in [-0.2, 0) is 19.6 Å². The van der Waals surface area contributed by atoms with Gasteiger partial charge >= 0.3 is 0 Å². The minimum Gasteiger partial charge on any atom is -0.497 e. The molecule has 220 valence electrons. The lowest BCUT2D eigenvalue weighted by Crippen LogP contribution is -2.26. The first-order valence-corrected chi connectivity index (χ1v) is 15.2. The van der Waals surface area contributed by atoms with Gasteiger partial charge in [-0.1, -0.05) is 72.8 Å². The topological polar surface area (TPSA) is 76.6 Å². The van der Waals surface area contributed by atoms with Crippen LogP contribution < -0.4 is 14.8 Å². The first-order chi connectivity index (χ1) is 21.1. The molecule has 0 bridgehead atoms. The van der Waals surface area contributed by atoms with Gasteiger partial charge in [0.15, 0.2) is 0 Å². The Balaban J connectivity index is 1.35. The van der Waals surface area contributed by atoms with Gasteiger partial charge in [0.2, 0.25) is 0 Å². The van der Waals surface area contributed by atoms with E-state index in [0.29, 0.717) is 25.3 Å². The van der Waals surface area contributed by atoms with Gasteiger partial charge in [0.1, 0.15) is 22.2 Å². The maximum absolute atomic E-state index is 12.9. The summed E-state index contributed by atoms with van der Waals surface area (Å²) >= 11 is 1.50. The van der Waals surface area contributed by atoms with Crippen molar-refractivity contribution in [1.29, 1.82) is 0 Å². The average Bonchev–Trinajstić information content (AvgIpc) is 3.54. The summed E-state index contributed by atoms with van der Waals surface area (Å²) in [6, 6.07) is 31.0. The van der Waals surface area contributed by atoms with Gasteiger partial charge in [-0.25, -0.2) is 4.98 Å². The smallest absolute Gasteiger partial charge is 0.271 e. The molecule has 5 aromatic rings. The highest BCUT2D eigenvalue weighted by molar-refractivity contribution is 7.09. The first kappa shape index (κ1) is 29.9. The van der Waals surface area contributed by atoms with Gasteiger partial charge in [-0.3, -0.25) is 14.7 Å². The summed E-state index contributed by atoms with van der Waals surface area (Å²) in [6.45, 7) is 2.48. The predicted molar refractivity (Wildman–Crippen MR) is 171 cm³/mol. The fourth-order valence-corrected chi connectivity index (χ4v) is 5.92. The summed E-state index contributed by atoms with van der Waals surface area (Å²) in [5.74, 6) is 1.58. The number of carbonyl (C=O) groups excluding carboxylic acids is 1. The van der Waals surface area contributed by atoms with E-state index in [1.54, 1.807) is 26.6 Å². The second kappa shape index (κ2) is 15.1. The van der Waals surface area contributed by atoms with Crippen molar-refractivity contribution in [3.63, 3.8) is 0 Å². The Morgan fingerprint density at radius 2 is 1.65 bits per heavy atom. The van der Waals surface area contributed by atoms with Gasteiger partial charge in [0.25, 0.3) is 5.91 Å². The molecule has 0 atom stereocenters. The van der Waals surface area contributed by atoms with Crippen LogP contribution in [0.2, 0.25) is 0 Å². The highest BCUT2D eigenvalue weighted by atomic mass is 32.1. The zero-order valence-corrected chi connectivity index (χ0v) is 25.3. The number of hydrogen-bond donors (Lipinski definition) is 1. The third-order valence-corrected chi connectivity index (χ3v) is 8.18. The van der Waals surface area contributed by atoms with Crippen LogP contribution in [0.3, 0.4) is 0 Å². The molecule has 1 amide bonds. The Hall–Kier alpha value is -4.53. The molecule has 0 unspecified atom stereocenters. The number of amides is 1. The number of pyridine rings is 1. The summed E-state index contributed by atoms with van der Waals surface area (Å²) in [5.41, 5.74) is 5.01.